The Balaban J connectivity index is 2.84. The smallest absolute Gasteiger partial charge is 0.288 e. The normalized spacial score (nSPS) is 31.3. The summed E-state index contributed by atoms with van der Waals surface area (Å²) in [5, 5.41) is 0.542. The van der Waals surface area contributed by atoms with Crippen molar-refractivity contribution in [2.45, 2.75) is 69.7 Å². The van der Waals surface area contributed by atoms with E-state index in [2.05, 4.69) is 5.32 Å². The summed E-state index contributed by atoms with van der Waals surface area (Å²) < 4.78 is 64.5. The van der Waals surface area contributed by atoms with Gasteiger partial charge in [-0.05, 0) is 19.3 Å². The van der Waals surface area contributed by atoms with E-state index in [1.807, 2.05) is 13.8 Å². The Labute approximate surface area is 105 Å². The lowest BCUT2D eigenvalue weighted by Gasteiger charge is -2.49. The standard InChI is InChI=1S/C11H22F5NS/c1-9(2)17-10-6-4-3-5-7-11(8-10)18(12,13,14,15)16/h9-11,17H,3-8H2,1-2H3. The van der Waals surface area contributed by atoms with Crippen molar-refractivity contribution in [1.29, 1.82) is 0 Å². The van der Waals surface area contributed by atoms with Gasteiger partial charge in [-0.2, -0.15) is 0 Å². The van der Waals surface area contributed by atoms with Crippen molar-refractivity contribution in [2.75, 3.05) is 0 Å². The molecule has 0 bridgehead atoms. The molecule has 0 aromatic rings. The first-order valence-electron chi connectivity index (χ1n) is 6.37. The minimum absolute atomic E-state index is 0.00796. The quantitative estimate of drug-likeness (QED) is 0.690. The molecular formula is C11H22F5NS. The third-order valence-corrected chi connectivity index (χ3v) is 5.01. The summed E-state index contributed by atoms with van der Waals surface area (Å²) in [5.74, 6) is 0. The number of hydrogen-bond donors (Lipinski definition) is 1. The van der Waals surface area contributed by atoms with Gasteiger partial charge in [0.1, 0.15) is 0 Å². The zero-order valence-electron chi connectivity index (χ0n) is 10.8. The van der Waals surface area contributed by atoms with Gasteiger partial charge in [-0.1, -0.05) is 52.5 Å². The van der Waals surface area contributed by atoms with E-state index < -0.39 is 34.4 Å². The lowest BCUT2D eigenvalue weighted by Crippen LogP contribution is -2.40. The second kappa shape index (κ2) is 4.51. The highest BCUT2D eigenvalue weighted by Gasteiger charge is 2.69. The van der Waals surface area contributed by atoms with Crippen LogP contribution < -0.4 is 5.32 Å². The Morgan fingerprint density at radius 3 is 2.00 bits per heavy atom. The van der Waals surface area contributed by atoms with E-state index in [0.717, 1.165) is 6.42 Å². The van der Waals surface area contributed by atoms with E-state index in [0.29, 0.717) is 12.8 Å². The van der Waals surface area contributed by atoms with Gasteiger partial charge >= 0.3 is 0 Å². The van der Waals surface area contributed by atoms with Gasteiger partial charge < -0.3 is 5.32 Å². The van der Waals surface area contributed by atoms with Gasteiger partial charge in [-0.25, -0.2) is 0 Å². The Kier molecular flexibility index (Phi) is 4.01. The fourth-order valence-corrected chi connectivity index (χ4v) is 3.73. The van der Waals surface area contributed by atoms with Crippen molar-refractivity contribution in [3.63, 3.8) is 0 Å². The topological polar surface area (TPSA) is 12.0 Å². The van der Waals surface area contributed by atoms with Crippen molar-refractivity contribution in [1.82, 2.24) is 5.32 Å². The van der Waals surface area contributed by atoms with Crippen LogP contribution in [0.4, 0.5) is 19.4 Å². The predicted octanol–water partition coefficient (Wildman–Crippen LogP) is 5.37. The molecule has 18 heavy (non-hydrogen) atoms. The zero-order chi connectivity index (χ0) is 14.1. The molecule has 0 aliphatic heterocycles. The van der Waals surface area contributed by atoms with Crippen molar-refractivity contribution in [3.8, 4) is 0 Å². The van der Waals surface area contributed by atoms with E-state index in [9.17, 15) is 19.4 Å². The highest BCUT2D eigenvalue weighted by Crippen LogP contribution is 3.01. The van der Waals surface area contributed by atoms with Gasteiger partial charge in [0.2, 0.25) is 0 Å². The first kappa shape index (κ1) is 16.0. The molecule has 0 amide bonds. The van der Waals surface area contributed by atoms with E-state index in [1.165, 1.54) is 0 Å². The molecule has 1 nitrogen and oxygen atoms in total. The average Bonchev–Trinajstić information content (AvgIpc) is 2.03. The summed E-state index contributed by atoms with van der Waals surface area (Å²) in [5.41, 5.74) is 0. The summed E-state index contributed by atoms with van der Waals surface area (Å²) in [7, 11) is -9.35. The van der Waals surface area contributed by atoms with E-state index in [1.54, 1.807) is 0 Å². The molecule has 1 N–H and O–H groups in total. The van der Waals surface area contributed by atoms with Crippen molar-refractivity contribution >= 4 is 10.2 Å². The lowest BCUT2D eigenvalue weighted by molar-refractivity contribution is 0.296. The third-order valence-electron chi connectivity index (χ3n) is 3.33. The number of hydrogen-bond acceptors (Lipinski definition) is 1. The Morgan fingerprint density at radius 2 is 1.50 bits per heavy atom. The molecule has 1 aliphatic carbocycles. The molecule has 0 saturated heterocycles. The summed E-state index contributed by atoms with van der Waals surface area (Å²) in [6, 6.07) is -0.451. The maximum atomic E-state index is 12.9. The van der Waals surface area contributed by atoms with Crippen LogP contribution in [0.5, 0.6) is 0 Å². The molecule has 7 heteroatoms. The Morgan fingerprint density at radius 1 is 0.944 bits per heavy atom. The predicted molar refractivity (Wildman–Crippen MR) is 66.7 cm³/mol. The summed E-state index contributed by atoms with van der Waals surface area (Å²) in [4.78, 5) is 0. The molecule has 0 spiro atoms. The Bertz CT molecular complexity index is 286. The molecule has 112 valence electrons. The van der Waals surface area contributed by atoms with Crippen molar-refractivity contribution in [2.24, 2.45) is 0 Å². The highest BCUT2D eigenvalue weighted by atomic mass is 32.5. The van der Waals surface area contributed by atoms with Crippen LogP contribution in [0.2, 0.25) is 0 Å². The minimum Gasteiger partial charge on any atom is -0.312 e. The summed E-state index contributed by atoms with van der Waals surface area (Å²) >= 11 is 0. The fraction of sp³-hybridized carbons (Fsp3) is 1.00. The number of halogens is 5. The van der Waals surface area contributed by atoms with Crippen LogP contribution in [-0.2, 0) is 0 Å². The largest absolute Gasteiger partial charge is 0.312 e. The van der Waals surface area contributed by atoms with Gasteiger partial charge in [0, 0.05) is 12.1 Å². The molecule has 1 saturated carbocycles. The van der Waals surface area contributed by atoms with Crippen LogP contribution in [0.15, 0.2) is 0 Å². The third kappa shape index (κ3) is 5.30. The molecule has 2 unspecified atom stereocenters. The van der Waals surface area contributed by atoms with Crippen LogP contribution in [-0.4, -0.2) is 17.3 Å². The number of nitrogens with one attached hydrogen (secondary N) is 1. The zero-order valence-corrected chi connectivity index (χ0v) is 11.6. The molecule has 0 radical (unpaired) electrons. The second-order valence-electron chi connectivity index (χ2n) is 5.54. The van der Waals surface area contributed by atoms with Crippen LogP contribution >= 0.6 is 10.2 Å². The van der Waals surface area contributed by atoms with Crippen LogP contribution in [0.1, 0.15) is 52.4 Å². The molecule has 0 aromatic heterocycles. The molecule has 0 aromatic carbocycles. The van der Waals surface area contributed by atoms with Gasteiger partial charge in [-0.3, -0.25) is 0 Å². The molecule has 0 heterocycles. The molecule has 1 aliphatic rings. The van der Waals surface area contributed by atoms with Gasteiger partial charge in [-0.15, -0.1) is 0 Å². The van der Waals surface area contributed by atoms with Gasteiger partial charge in [0.05, 0.1) is 5.25 Å². The maximum absolute atomic E-state index is 12.9. The van der Waals surface area contributed by atoms with E-state index in [4.69, 9.17) is 0 Å². The van der Waals surface area contributed by atoms with Gasteiger partial charge in [0.25, 0.3) is 10.2 Å². The van der Waals surface area contributed by atoms with E-state index >= 15 is 0 Å². The van der Waals surface area contributed by atoms with E-state index in [-0.39, 0.29) is 12.5 Å². The summed E-state index contributed by atoms with van der Waals surface area (Å²) in [6.45, 7) is 3.63. The maximum Gasteiger partial charge on any atom is 0.288 e. The summed E-state index contributed by atoms with van der Waals surface area (Å²) in [6.07, 6.45) is 1.26. The second-order valence-corrected chi connectivity index (χ2v) is 8.27. The van der Waals surface area contributed by atoms with Crippen LogP contribution in [0.3, 0.4) is 0 Å². The molecule has 1 fully saturated rings. The highest BCUT2D eigenvalue weighted by molar-refractivity contribution is 8.46. The molecular weight excluding hydrogens is 273 g/mol. The fourth-order valence-electron chi connectivity index (χ4n) is 2.52. The van der Waals surface area contributed by atoms with Crippen LogP contribution in [0, 0.1) is 0 Å². The SMILES string of the molecule is CC(C)NC1CCCCCC(S(F)(F)(F)(F)F)C1. The minimum atomic E-state index is -9.35. The Hall–Kier alpha value is -0.0400. The molecule has 2 atom stereocenters. The van der Waals surface area contributed by atoms with Crippen molar-refractivity contribution < 1.29 is 19.4 Å². The van der Waals surface area contributed by atoms with Gasteiger partial charge in [0.15, 0.2) is 0 Å². The van der Waals surface area contributed by atoms with Crippen LogP contribution in [0.25, 0.3) is 0 Å². The first-order valence-corrected chi connectivity index (χ1v) is 8.39. The lowest BCUT2D eigenvalue weighted by atomic mass is 9.96. The van der Waals surface area contributed by atoms with Crippen molar-refractivity contribution in [3.05, 3.63) is 0 Å². The monoisotopic (exact) mass is 295 g/mol. The number of rotatable bonds is 3. The average molecular weight is 295 g/mol. The first-order chi connectivity index (χ1) is 7.88. The molecule has 1 rings (SSSR count).